The molecule has 0 radical (unpaired) electrons. The average Bonchev–Trinajstić information content (AvgIpc) is 2.98. The van der Waals surface area contributed by atoms with Gasteiger partial charge >= 0.3 is 0 Å². The number of hydrogen-bond donors (Lipinski definition) is 0. The molecule has 0 unspecified atom stereocenters. The fourth-order valence-electron chi connectivity index (χ4n) is 2.91. The van der Waals surface area contributed by atoms with Crippen LogP contribution >= 0.6 is 0 Å². The Kier molecular flexibility index (Phi) is 2.94. The number of benzene rings is 2. The number of nitrogens with zero attached hydrogens (tertiary/aromatic N) is 1. The maximum atomic E-state index is 12.5. The average molecular weight is 263 g/mol. The SMILES string of the molecule is CC.Cc1c2n(c3ccccc13)-c1ccccc1C2=O. The van der Waals surface area contributed by atoms with E-state index in [0.29, 0.717) is 0 Å². The highest BCUT2D eigenvalue weighted by molar-refractivity contribution is 6.18. The van der Waals surface area contributed by atoms with Crippen molar-refractivity contribution >= 4 is 16.7 Å². The molecule has 0 atom stereocenters. The summed E-state index contributed by atoms with van der Waals surface area (Å²) in [6.07, 6.45) is 0. The number of carbonyl (C=O) groups is 1. The standard InChI is InChI=1S/C16H11NO.C2H6/c1-10-11-6-2-4-8-13(11)17-14-9-5-3-7-12(14)16(18)15(10)17;1-2/h2-9H,1H3;1-2H3. The number of aromatic nitrogens is 1. The number of fused-ring (bicyclic) bond motifs is 5. The second kappa shape index (κ2) is 4.64. The first-order chi connectivity index (χ1) is 9.79. The molecule has 0 saturated heterocycles. The Morgan fingerprint density at radius 2 is 1.55 bits per heavy atom. The van der Waals surface area contributed by atoms with Gasteiger partial charge in [0.1, 0.15) is 0 Å². The minimum atomic E-state index is 0.138. The van der Waals surface area contributed by atoms with E-state index in [1.807, 2.05) is 57.2 Å². The lowest BCUT2D eigenvalue weighted by molar-refractivity contribution is 0.104. The van der Waals surface area contributed by atoms with Gasteiger partial charge < -0.3 is 4.57 Å². The molecule has 2 heteroatoms. The molecule has 0 spiro atoms. The van der Waals surface area contributed by atoms with Crippen molar-refractivity contribution in [2.45, 2.75) is 20.8 Å². The van der Waals surface area contributed by atoms with Crippen LogP contribution in [0.1, 0.15) is 35.5 Å². The summed E-state index contributed by atoms with van der Waals surface area (Å²) in [4.78, 5) is 12.5. The zero-order valence-corrected chi connectivity index (χ0v) is 12.0. The van der Waals surface area contributed by atoms with Crippen LogP contribution in [-0.2, 0) is 0 Å². The Labute approximate surface area is 118 Å². The minimum absolute atomic E-state index is 0.138. The molecule has 0 fully saturated rings. The zero-order chi connectivity index (χ0) is 14.3. The van der Waals surface area contributed by atoms with Gasteiger partial charge in [-0.15, -0.1) is 0 Å². The fraction of sp³-hybridized carbons (Fsp3) is 0.167. The maximum absolute atomic E-state index is 12.5. The van der Waals surface area contributed by atoms with Gasteiger partial charge in [-0.25, -0.2) is 0 Å². The van der Waals surface area contributed by atoms with Crippen molar-refractivity contribution in [3.05, 3.63) is 65.4 Å². The van der Waals surface area contributed by atoms with Crippen LogP contribution < -0.4 is 0 Å². The Hall–Kier alpha value is -2.35. The van der Waals surface area contributed by atoms with E-state index in [1.54, 1.807) is 0 Å². The molecule has 2 nitrogen and oxygen atoms in total. The van der Waals surface area contributed by atoms with Gasteiger partial charge in [-0.1, -0.05) is 44.2 Å². The lowest BCUT2D eigenvalue weighted by atomic mass is 10.1. The molecule has 20 heavy (non-hydrogen) atoms. The second-order valence-electron chi connectivity index (χ2n) is 4.67. The van der Waals surface area contributed by atoms with E-state index in [4.69, 9.17) is 0 Å². The van der Waals surface area contributed by atoms with E-state index in [2.05, 4.69) is 16.7 Å². The first-order valence-corrected chi connectivity index (χ1v) is 7.03. The lowest BCUT2D eigenvalue weighted by Gasteiger charge is -2.02. The zero-order valence-electron chi connectivity index (χ0n) is 12.0. The summed E-state index contributed by atoms with van der Waals surface area (Å²) in [7, 11) is 0. The van der Waals surface area contributed by atoms with Crippen LogP contribution in [0.4, 0.5) is 0 Å². The minimum Gasteiger partial charge on any atom is -0.305 e. The Balaban J connectivity index is 0.000000581. The van der Waals surface area contributed by atoms with Crippen LogP contribution in [0, 0.1) is 6.92 Å². The van der Waals surface area contributed by atoms with Crippen molar-refractivity contribution in [3.63, 3.8) is 0 Å². The normalized spacial score (nSPS) is 11.8. The summed E-state index contributed by atoms with van der Waals surface area (Å²) in [5, 5.41) is 1.16. The molecule has 0 N–H and O–H groups in total. The van der Waals surface area contributed by atoms with Crippen molar-refractivity contribution in [1.29, 1.82) is 0 Å². The van der Waals surface area contributed by atoms with E-state index in [-0.39, 0.29) is 5.78 Å². The highest BCUT2D eigenvalue weighted by atomic mass is 16.1. The number of para-hydroxylation sites is 2. The number of carbonyl (C=O) groups excluding carboxylic acids is 1. The van der Waals surface area contributed by atoms with Crippen molar-refractivity contribution in [2.75, 3.05) is 0 Å². The molecule has 2 heterocycles. The molecule has 0 aliphatic carbocycles. The Morgan fingerprint density at radius 1 is 0.900 bits per heavy atom. The van der Waals surface area contributed by atoms with Gasteiger partial charge in [0.25, 0.3) is 0 Å². The van der Waals surface area contributed by atoms with Gasteiger partial charge in [-0.3, -0.25) is 4.79 Å². The van der Waals surface area contributed by atoms with Crippen molar-refractivity contribution in [1.82, 2.24) is 4.57 Å². The van der Waals surface area contributed by atoms with Crippen LogP contribution in [0.15, 0.2) is 48.5 Å². The molecule has 100 valence electrons. The molecule has 2 aromatic carbocycles. The van der Waals surface area contributed by atoms with E-state index >= 15 is 0 Å². The summed E-state index contributed by atoms with van der Waals surface area (Å²) in [5.74, 6) is 0.138. The van der Waals surface area contributed by atoms with E-state index in [1.165, 1.54) is 0 Å². The summed E-state index contributed by atoms with van der Waals surface area (Å²) in [5.41, 5.74) is 4.82. The third-order valence-corrected chi connectivity index (χ3v) is 3.73. The van der Waals surface area contributed by atoms with Gasteiger partial charge in [-0.2, -0.15) is 0 Å². The van der Waals surface area contributed by atoms with Crippen LogP contribution in [0.5, 0.6) is 0 Å². The monoisotopic (exact) mass is 263 g/mol. The van der Waals surface area contributed by atoms with Crippen molar-refractivity contribution in [2.24, 2.45) is 0 Å². The van der Waals surface area contributed by atoms with E-state index in [0.717, 1.165) is 33.4 Å². The molecule has 1 aromatic heterocycles. The van der Waals surface area contributed by atoms with Crippen LogP contribution in [0.3, 0.4) is 0 Å². The smallest absolute Gasteiger partial charge is 0.212 e. The topological polar surface area (TPSA) is 22.0 Å². The van der Waals surface area contributed by atoms with Gasteiger partial charge in [0.05, 0.1) is 16.9 Å². The molecule has 1 aliphatic heterocycles. The van der Waals surface area contributed by atoms with Crippen molar-refractivity contribution < 1.29 is 4.79 Å². The third kappa shape index (κ3) is 1.48. The van der Waals surface area contributed by atoms with Gasteiger partial charge in [0.15, 0.2) is 0 Å². The van der Waals surface area contributed by atoms with Crippen LogP contribution in [-0.4, -0.2) is 10.4 Å². The molecule has 3 aromatic rings. The number of hydrogen-bond acceptors (Lipinski definition) is 1. The molecular formula is C18H17NO. The molecule has 0 saturated carbocycles. The van der Waals surface area contributed by atoms with Crippen LogP contribution in [0.25, 0.3) is 16.6 Å². The highest BCUT2D eigenvalue weighted by Crippen LogP contribution is 2.36. The van der Waals surface area contributed by atoms with Gasteiger partial charge in [0, 0.05) is 10.9 Å². The Bertz CT molecular complexity index is 811. The fourth-order valence-corrected chi connectivity index (χ4v) is 2.91. The first-order valence-electron chi connectivity index (χ1n) is 7.03. The van der Waals surface area contributed by atoms with Gasteiger partial charge in [0.2, 0.25) is 5.78 Å². The molecule has 4 rings (SSSR count). The number of ketones is 1. The summed E-state index contributed by atoms with van der Waals surface area (Å²) in [6, 6.07) is 16.0. The molecular weight excluding hydrogens is 246 g/mol. The Morgan fingerprint density at radius 3 is 2.35 bits per heavy atom. The second-order valence-corrected chi connectivity index (χ2v) is 4.67. The van der Waals surface area contributed by atoms with E-state index < -0.39 is 0 Å². The van der Waals surface area contributed by atoms with E-state index in [9.17, 15) is 4.79 Å². The molecule has 1 aliphatic rings. The number of rotatable bonds is 0. The predicted octanol–water partition coefficient (Wildman–Crippen LogP) is 4.51. The highest BCUT2D eigenvalue weighted by Gasteiger charge is 2.30. The predicted molar refractivity (Wildman–Crippen MR) is 82.8 cm³/mol. The number of aryl methyl sites for hydroxylation is 1. The van der Waals surface area contributed by atoms with Crippen molar-refractivity contribution in [3.8, 4) is 5.69 Å². The quantitative estimate of drug-likeness (QED) is 0.457. The lowest BCUT2D eigenvalue weighted by Crippen LogP contribution is -1.97. The summed E-state index contributed by atoms with van der Waals surface area (Å²) >= 11 is 0. The first kappa shape index (κ1) is 12.7. The molecule has 0 bridgehead atoms. The van der Waals surface area contributed by atoms with Crippen LogP contribution in [0.2, 0.25) is 0 Å². The van der Waals surface area contributed by atoms with Gasteiger partial charge in [-0.05, 0) is 30.7 Å². The summed E-state index contributed by atoms with van der Waals surface area (Å²) < 4.78 is 2.09. The summed E-state index contributed by atoms with van der Waals surface area (Å²) in [6.45, 7) is 6.03. The maximum Gasteiger partial charge on any atom is 0.212 e. The largest absolute Gasteiger partial charge is 0.305 e. The third-order valence-electron chi connectivity index (χ3n) is 3.73. The molecule has 0 amide bonds.